The third-order valence-corrected chi connectivity index (χ3v) is 6.87. The largest absolute Gasteiger partial charge is 0.352 e. The van der Waals surface area contributed by atoms with Crippen molar-refractivity contribution in [3.05, 3.63) is 98.0 Å². The van der Waals surface area contributed by atoms with Gasteiger partial charge in [0, 0.05) is 19.5 Å². The number of hydrogen-bond acceptors (Lipinski definition) is 5. The number of unbranched alkanes of at least 4 members (excludes halogenated alkanes) is 2. The lowest BCUT2D eigenvalue weighted by atomic mass is 10.1. The Labute approximate surface area is 220 Å². The summed E-state index contributed by atoms with van der Waals surface area (Å²) < 4.78 is 29.5. The number of para-hydroxylation sites is 1. The normalized spacial score (nSPS) is 11.0. The summed E-state index contributed by atoms with van der Waals surface area (Å²) >= 11 is 1.18. The van der Waals surface area contributed by atoms with Crippen LogP contribution in [-0.2, 0) is 29.2 Å². The van der Waals surface area contributed by atoms with Crippen LogP contribution in [0.4, 0.5) is 14.5 Å². The molecule has 2 aromatic carbocycles. The number of aromatic nitrogens is 2. The van der Waals surface area contributed by atoms with Crippen LogP contribution in [0.5, 0.6) is 0 Å². The van der Waals surface area contributed by atoms with Gasteiger partial charge < -0.3 is 10.6 Å². The van der Waals surface area contributed by atoms with Gasteiger partial charge in [0.1, 0.15) is 22.9 Å². The number of fused-ring (bicyclic) bond motifs is 1. The third kappa shape index (κ3) is 6.60. The Morgan fingerprint density at radius 3 is 2.39 bits per heavy atom. The number of nitrogens with one attached hydrogen (secondary N) is 2. The van der Waals surface area contributed by atoms with E-state index in [1.807, 2.05) is 0 Å². The van der Waals surface area contributed by atoms with Crippen molar-refractivity contribution < 1.29 is 18.4 Å². The Bertz CT molecular complexity index is 1560. The second-order valence-electron chi connectivity index (χ2n) is 8.70. The fourth-order valence-electron chi connectivity index (χ4n) is 4.00. The van der Waals surface area contributed by atoms with E-state index in [0.29, 0.717) is 36.0 Å². The average Bonchev–Trinajstić information content (AvgIpc) is 3.39. The molecule has 2 amide bonds. The van der Waals surface area contributed by atoms with Crippen LogP contribution in [0.15, 0.2) is 69.6 Å². The van der Waals surface area contributed by atoms with E-state index in [9.17, 15) is 28.0 Å². The summed E-state index contributed by atoms with van der Waals surface area (Å²) in [6, 6.07) is 13.2. The van der Waals surface area contributed by atoms with Crippen LogP contribution in [0.2, 0.25) is 0 Å². The number of anilines is 1. The number of benzene rings is 2. The van der Waals surface area contributed by atoms with Gasteiger partial charge in [-0.05, 0) is 54.1 Å². The molecule has 0 saturated heterocycles. The average molecular weight is 541 g/mol. The molecule has 0 unspecified atom stereocenters. The molecule has 198 valence electrons. The first kappa shape index (κ1) is 26.9. The summed E-state index contributed by atoms with van der Waals surface area (Å²) in [5, 5.41) is 6.91. The van der Waals surface area contributed by atoms with Crippen molar-refractivity contribution in [2.45, 2.75) is 45.3 Å². The Morgan fingerprint density at radius 2 is 1.63 bits per heavy atom. The van der Waals surface area contributed by atoms with Gasteiger partial charge in [0.2, 0.25) is 11.8 Å². The Morgan fingerprint density at radius 1 is 0.868 bits per heavy atom. The van der Waals surface area contributed by atoms with E-state index in [4.69, 9.17) is 0 Å². The molecule has 11 heteroatoms. The molecular weight excluding hydrogens is 514 g/mol. The molecule has 2 aromatic heterocycles. The van der Waals surface area contributed by atoms with E-state index < -0.39 is 23.0 Å². The summed E-state index contributed by atoms with van der Waals surface area (Å²) in [4.78, 5) is 50.8. The highest BCUT2D eigenvalue weighted by molar-refractivity contribution is 7.17. The van der Waals surface area contributed by atoms with E-state index in [1.54, 1.807) is 29.6 Å². The zero-order valence-electron chi connectivity index (χ0n) is 20.4. The lowest BCUT2D eigenvalue weighted by molar-refractivity contribution is -0.121. The molecule has 2 N–H and O–H groups in total. The highest BCUT2D eigenvalue weighted by Crippen LogP contribution is 2.17. The van der Waals surface area contributed by atoms with Crippen molar-refractivity contribution in [2.75, 3.05) is 5.32 Å². The van der Waals surface area contributed by atoms with E-state index in [-0.39, 0.29) is 36.9 Å². The number of amides is 2. The Kier molecular flexibility index (Phi) is 8.80. The fraction of sp³-hybridized carbons (Fsp3) is 0.259. The van der Waals surface area contributed by atoms with E-state index >= 15 is 0 Å². The van der Waals surface area contributed by atoms with Crippen LogP contribution in [0.1, 0.15) is 31.2 Å². The van der Waals surface area contributed by atoms with Crippen molar-refractivity contribution in [1.29, 1.82) is 0 Å². The maximum absolute atomic E-state index is 13.9. The number of hydrogen-bond donors (Lipinski definition) is 2. The van der Waals surface area contributed by atoms with Crippen molar-refractivity contribution in [3.8, 4) is 0 Å². The molecule has 0 aliphatic carbocycles. The van der Waals surface area contributed by atoms with Crippen LogP contribution in [0.3, 0.4) is 0 Å². The number of carbonyl (C=O) groups is 2. The first-order valence-corrected chi connectivity index (χ1v) is 13.0. The number of halogens is 2. The first-order valence-electron chi connectivity index (χ1n) is 12.1. The summed E-state index contributed by atoms with van der Waals surface area (Å²) in [6.45, 7) is 0.0614. The highest BCUT2D eigenvalue weighted by Gasteiger charge is 2.17. The molecule has 2 heterocycles. The van der Waals surface area contributed by atoms with Crippen molar-refractivity contribution in [2.24, 2.45) is 0 Å². The van der Waals surface area contributed by atoms with E-state index in [2.05, 4.69) is 10.6 Å². The van der Waals surface area contributed by atoms with Gasteiger partial charge in [0.05, 0.1) is 11.2 Å². The van der Waals surface area contributed by atoms with Gasteiger partial charge >= 0.3 is 5.69 Å². The Hall–Kier alpha value is -4.12. The lowest BCUT2D eigenvalue weighted by Crippen LogP contribution is -2.41. The molecular formula is C27H26F2N4O4S. The third-order valence-electron chi connectivity index (χ3n) is 5.97. The minimum atomic E-state index is -0.623. The summed E-state index contributed by atoms with van der Waals surface area (Å²) in [5.41, 5.74) is 0.0938. The smallest absolute Gasteiger partial charge is 0.332 e. The van der Waals surface area contributed by atoms with Crippen LogP contribution >= 0.6 is 11.3 Å². The molecule has 0 aliphatic rings. The van der Waals surface area contributed by atoms with Gasteiger partial charge in [0.15, 0.2) is 0 Å². The maximum atomic E-state index is 13.9. The predicted molar refractivity (Wildman–Crippen MR) is 142 cm³/mol. The van der Waals surface area contributed by atoms with Crippen LogP contribution in [0, 0.1) is 11.6 Å². The molecule has 0 aliphatic heterocycles. The van der Waals surface area contributed by atoms with Crippen molar-refractivity contribution in [3.63, 3.8) is 0 Å². The molecule has 0 fully saturated rings. The van der Waals surface area contributed by atoms with Crippen molar-refractivity contribution in [1.82, 2.24) is 14.5 Å². The monoisotopic (exact) mass is 540 g/mol. The van der Waals surface area contributed by atoms with Crippen LogP contribution in [0.25, 0.3) is 10.2 Å². The number of nitrogens with zero attached hydrogens (tertiary/aromatic N) is 2. The first-order chi connectivity index (χ1) is 18.3. The quantitative estimate of drug-likeness (QED) is 0.281. The predicted octanol–water partition coefficient (Wildman–Crippen LogP) is 4.02. The minimum Gasteiger partial charge on any atom is -0.352 e. The van der Waals surface area contributed by atoms with Gasteiger partial charge in [-0.3, -0.25) is 23.5 Å². The number of thiophene rings is 1. The number of carbonyl (C=O) groups excluding carboxylic acids is 2. The highest BCUT2D eigenvalue weighted by atomic mass is 32.1. The van der Waals surface area contributed by atoms with Gasteiger partial charge in [-0.1, -0.05) is 30.7 Å². The molecule has 38 heavy (non-hydrogen) atoms. The summed E-state index contributed by atoms with van der Waals surface area (Å²) in [5.74, 6) is -1.67. The van der Waals surface area contributed by atoms with Crippen LogP contribution < -0.4 is 21.9 Å². The second kappa shape index (κ2) is 12.4. The molecule has 0 atom stereocenters. The fourth-order valence-corrected chi connectivity index (χ4v) is 4.85. The van der Waals surface area contributed by atoms with E-state index in [1.165, 1.54) is 46.2 Å². The zero-order valence-corrected chi connectivity index (χ0v) is 21.2. The minimum absolute atomic E-state index is 0.00198. The topological polar surface area (TPSA) is 102 Å². The van der Waals surface area contributed by atoms with Gasteiger partial charge in [-0.15, -0.1) is 11.3 Å². The maximum Gasteiger partial charge on any atom is 0.332 e. The van der Waals surface area contributed by atoms with Gasteiger partial charge in [0.25, 0.3) is 5.56 Å². The molecule has 0 radical (unpaired) electrons. The zero-order chi connectivity index (χ0) is 27.1. The molecule has 0 saturated carbocycles. The molecule has 4 aromatic rings. The standard InChI is InChI=1S/C27H26F2N4O4S/c28-19-11-9-18(10-12-19)16-30-23(34)8-2-1-5-14-32-26(36)25-22(13-15-38-25)33(27(32)37)17-24(35)31-21-7-4-3-6-20(21)29/h3-4,6-7,9-13,15H,1-2,5,8,14,16-17H2,(H,30,34)(H,31,35). The van der Waals surface area contributed by atoms with E-state index in [0.717, 1.165) is 10.1 Å². The SMILES string of the molecule is O=C(CCCCCn1c(=O)c2sccc2n(CC(=O)Nc2ccccc2F)c1=O)NCc1ccc(F)cc1. The molecule has 4 rings (SSSR count). The number of rotatable bonds is 11. The summed E-state index contributed by atoms with van der Waals surface area (Å²) in [7, 11) is 0. The Balaban J connectivity index is 1.34. The molecule has 0 bridgehead atoms. The lowest BCUT2D eigenvalue weighted by Gasteiger charge is -2.13. The van der Waals surface area contributed by atoms with Crippen LogP contribution in [-0.4, -0.2) is 20.9 Å². The summed E-state index contributed by atoms with van der Waals surface area (Å²) in [6.07, 6.45) is 1.93. The molecule has 0 spiro atoms. The van der Waals surface area contributed by atoms with Crippen molar-refractivity contribution >= 4 is 39.1 Å². The van der Waals surface area contributed by atoms with Gasteiger partial charge in [-0.25, -0.2) is 13.6 Å². The molecule has 8 nitrogen and oxygen atoms in total. The van der Waals surface area contributed by atoms with Gasteiger partial charge in [-0.2, -0.15) is 0 Å². The second-order valence-corrected chi connectivity index (χ2v) is 9.62.